The number of alkyl halides is 3. The quantitative estimate of drug-likeness (QED) is 0.715. The van der Waals surface area contributed by atoms with Crippen molar-refractivity contribution in [1.82, 2.24) is 4.98 Å². The highest BCUT2D eigenvalue weighted by molar-refractivity contribution is 6.32. The van der Waals surface area contributed by atoms with Crippen molar-refractivity contribution < 1.29 is 36.9 Å². The smallest absolute Gasteiger partial charge is 0.478 e. The molecule has 26 heavy (non-hydrogen) atoms. The number of hydrogen-bond acceptors (Lipinski definition) is 4. The number of carboxylic acid groups (broad SMARTS) is 1. The molecule has 1 aromatic heterocycles. The number of carbonyl (C=O) groups is 1. The van der Waals surface area contributed by atoms with Gasteiger partial charge < -0.3 is 14.6 Å². The average Bonchev–Trinajstić information content (AvgIpc) is 3.33. The SMILES string of the molecule is O=C(O)c1cc(Cl)c(Oc2cnc(C3CC3)c(OC(F)(F)F)c2)cc1F. The Hall–Kier alpha value is -2.55. The maximum Gasteiger partial charge on any atom is 0.573 e. The molecule has 2 aromatic rings. The Labute approximate surface area is 149 Å². The molecule has 1 heterocycles. The number of aromatic carboxylic acids is 1. The number of hydrogen-bond donors (Lipinski definition) is 1. The molecule has 0 atom stereocenters. The number of benzene rings is 1. The fourth-order valence-electron chi connectivity index (χ4n) is 2.26. The first-order valence-corrected chi connectivity index (χ1v) is 7.67. The molecule has 0 saturated heterocycles. The van der Waals surface area contributed by atoms with Crippen LogP contribution in [-0.2, 0) is 0 Å². The molecule has 1 saturated carbocycles. The molecular weight excluding hydrogens is 382 g/mol. The zero-order valence-electron chi connectivity index (χ0n) is 12.8. The maximum atomic E-state index is 13.8. The Bertz CT molecular complexity index is 868. The number of halogens is 5. The van der Waals surface area contributed by atoms with E-state index in [1.54, 1.807) is 0 Å². The van der Waals surface area contributed by atoms with Gasteiger partial charge in [-0.05, 0) is 18.9 Å². The van der Waals surface area contributed by atoms with Crippen LogP contribution >= 0.6 is 11.6 Å². The van der Waals surface area contributed by atoms with Crippen LogP contribution in [0.4, 0.5) is 17.6 Å². The van der Waals surface area contributed by atoms with Gasteiger partial charge in [0.05, 0.1) is 22.5 Å². The van der Waals surface area contributed by atoms with Crippen molar-refractivity contribution in [3.8, 4) is 17.2 Å². The van der Waals surface area contributed by atoms with Crippen LogP contribution in [0.5, 0.6) is 17.2 Å². The van der Waals surface area contributed by atoms with E-state index >= 15 is 0 Å². The minimum Gasteiger partial charge on any atom is -0.478 e. The van der Waals surface area contributed by atoms with E-state index in [4.69, 9.17) is 21.4 Å². The molecule has 1 fully saturated rings. The van der Waals surface area contributed by atoms with Crippen LogP contribution in [0.3, 0.4) is 0 Å². The van der Waals surface area contributed by atoms with Crippen molar-refractivity contribution in [1.29, 1.82) is 0 Å². The summed E-state index contributed by atoms with van der Waals surface area (Å²) < 4.78 is 60.8. The molecule has 5 nitrogen and oxygen atoms in total. The topological polar surface area (TPSA) is 68.7 Å². The van der Waals surface area contributed by atoms with Gasteiger partial charge in [-0.2, -0.15) is 0 Å². The molecule has 1 aliphatic rings. The second kappa shape index (κ2) is 6.64. The van der Waals surface area contributed by atoms with Gasteiger partial charge >= 0.3 is 12.3 Å². The largest absolute Gasteiger partial charge is 0.573 e. The van der Waals surface area contributed by atoms with Crippen LogP contribution in [0, 0.1) is 5.82 Å². The van der Waals surface area contributed by atoms with Gasteiger partial charge in [-0.15, -0.1) is 13.2 Å². The molecule has 1 N–H and O–H groups in total. The minimum atomic E-state index is -4.91. The summed E-state index contributed by atoms with van der Waals surface area (Å²) in [4.78, 5) is 14.8. The summed E-state index contributed by atoms with van der Waals surface area (Å²) in [5.41, 5.74) is -0.501. The Morgan fingerprint density at radius 2 is 1.92 bits per heavy atom. The molecule has 1 aliphatic carbocycles. The zero-order valence-corrected chi connectivity index (χ0v) is 13.6. The van der Waals surface area contributed by atoms with Crippen molar-refractivity contribution in [2.45, 2.75) is 25.1 Å². The van der Waals surface area contributed by atoms with Crippen LogP contribution in [0.2, 0.25) is 5.02 Å². The number of carboxylic acids is 1. The molecule has 0 aliphatic heterocycles. The molecule has 3 rings (SSSR count). The maximum absolute atomic E-state index is 13.8. The molecule has 0 amide bonds. The Morgan fingerprint density at radius 1 is 1.23 bits per heavy atom. The lowest BCUT2D eigenvalue weighted by atomic mass is 10.2. The number of nitrogens with zero attached hydrogens (tertiary/aromatic N) is 1. The highest BCUT2D eigenvalue weighted by atomic mass is 35.5. The van der Waals surface area contributed by atoms with Crippen molar-refractivity contribution in [3.63, 3.8) is 0 Å². The van der Waals surface area contributed by atoms with E-state index < -0.39 is 29.5 Å². The predicted molar refractivity (Wildman–Crippen MR) is 81.3 cm³/mol. The van der Waals surface area contributed by atoms with Crippen molar-refractivity contribution in [2.24, 2.45) is 0 Å². The average molecular weight is 392 g/mol. The van der Waals surface area contributed by atoms with Crippen LogP contribution in [-0.4, -0.2) is 22.4 Å². The standard InChI is InChI=1S/C16H10ClF4NO4/c17-10-4-9(15(23)24)11(18)5-12(10)25-8-3-13(26-16(19,20)21)14(22-6-8)7-1-2-7/h3-7H,1-2H2,(H,23,24). The molecule has 0 spiro atoms. The summed E-state index contributed by atoms with van der Waals surface area (Å²) in [6.45, 7) is 0. The van der Waals surface area contributed by atoms with Gasteiger partial charge in [0.2, 0.25) is 0 Å². The lowest BCUT2D eigenvalue weighted by Crippen LogP contribution is -2.18. The Kier molecular flexibility index (Phi) is 4.66. The van der Waals surface area contributed by atoms with Gasteiger partial charge in [0.25, 0.3) is 0 Å². The lowest BCUT2D eigenvalue weighted by Gasteiger charge is -2.14. The van der Waals surface area contributed by atoms with E-state index in [0.717, 1.165) is 24.4 Å². The summed E-state index contributed by atoms with van der Waals surface area (Å²) in [5.74, 6) is -3.68. The summed E-state index contributed by atoms with van der Waals surface area (Å²) in [5, 5.41) is 8.60. The molecule has 1 aromatic carbocycles. The van der Waals surface area contributed by atoms with Crippen LogP contribution in [0.25, 0.3) is 0 Å². The number of pyridine rings is 1. The molecule has 10 heteroatoms. The van der Waals surface area contributed by atoms with Crippen molar-refractivity contribution in [3.05, 3.63) is 46.5 Å². The van der Waals surface area contributed by atoms with Gasteiger partial charge in [0.15, 0.2) is 5.75 Å². The molecule has 0 radical (unpaired) electrons. The lowest BCUT2D eigenvalue weighted by molar-refractivity contribution is -0.275. The first-order valence-electron chi connectivity index (χ1n) is 7.30. The van der Waals surface area contributed by atoms with E-state index in [1.165, 1.54) is 0 Å². The highest BCUT2D eigenvalue weighted by Crippen LogP contribution is 2.45. The van der Waals surface area contributed by atoms with Crippen LogP contribution < -0.4 is 9.47 Å². The normalized spacial score (nSPS) is 14.2. The monoisotopic (exact) mass is 391 g/mol. The van der Waals surface area contributed by atoms with E-state index in [-0.39, 0.29) is 28.1 Å². The van der Waals surface area contributed by atoms with Crippen molar-refractivity contribution in [2.75, 3.05) is 0 Å². The van der Waals surface area contributed by atoms with E-state index in [1.807, 2.05) is 0 Å². The third-order valence-corrected chi connectivity index (χ3v) is 3.82. The Balaban J connectivity index is 1.92. The zero-order chi connectivity index (χ0) is 19.1. The van der Waals surface area contributed by atoms with Gasteiger partial charge in [-0.1, -0.05) is 11.6 Å². The third-order valence-electron chi connectivity index (χ3n) is 3.53. The second-order valence-corrected chi connectivity index (χ2v) is 5.95. The van der Waals surface area contributed by atoms with E-state index in [0.29, 0.717) is 12.8 Å². The van der Waals surface area contributed by atoms with Gasteiger partial charge in [0.1, 0.15) is 17.3 Å². The van der Waals surface area contributed by atoms with Crippen LogP contribution in [0.15, 0.2) is 24.4 Å². The van der Waals surface area contributed by atoms with Crippen LogP contribution in [0.1, 0.15) is 34.8 Å². The molecule has 0 bridgehead atoms. The van der Waals surface area contributed by atoms with Crippen molar-refractivity contribution >= 4 is 17.6 Å². The summed E-state index contributed by atoms with van der Waals surface area (Å²) in [7, 11) is 0. The summed E-state index contributed by atoms with van der Waals surface area (Å²) >= 11 is 5.85. The number of rotatable bonds is 5. The van der Waals surface area contributed by atoms with Gasteiger partial charge in [0, 0.05) is 18.1 Å². The predicted octanol–water partition coefficient (Wildman–Crippen LogP) is 5.14. The molecular formula is C16H10ClF4NO4. The van der Waals surface area contributed by atoms with Gasteiger partial charge in [-0.3, -0.25) is 4.98 Å². The second-order valence-electron chi connectivity index (χ2n) is 5.55. The first-order chi connectivity index (χ1) is 12.1. The fraction of sp³-hybridized carbons (Fsp3) is 0.250. The minimum absolute atomic E-state index is 0.114. The molecule has 138 valence electrons. The van der Waals surface area contributed by atoms with Gasteiger partial charge in [-0.25, -0.2) is 9.18 Å². The van der Waals surface area contributed by atoms with E-state index in [9.17, 15) is 22.4 Å². The third kappa shape index (κ3) is 4.16. The highest BCUT2D eigenvalue weighted by Gasteiger charge is 2.36. The molecule has 0 unspecified atom stereocenters. The number of ether oxygens (including phenoxy) is 2. The summed E-state index contributed by atoms with van der Waals surface area (Å²) in [6.07, 6.45) is -2.34. The number of aromatic nitrogens is 1. The first kappa shape index (κ1) is 18.2. The Morgan fingerprint density at radius 3 is 2.50 bits per heavy atom. The fourth-order valence-corrected chi connectivity index (χ4v) is 2.46. The van der Waals surface area contributed by atoms with E-state index in [2.05, 4.69) is 9.72 Å². The summed E-state index contributed by atoms with van der Waals surface area (Å²) in [6, 6.07) is 2.55.